The standard InChI is InChI=1S/C24H13N3S/c1-4-10-21-14(6-1)17-12-16-15-7-5-11-25-23(15)24-26-18-8-2-3-9-19(18)27(24)20(16)13-22(17)28-21/h1-13H. The molecule has 0 atom stereocenters. The fourth-order valence-electron chi connectivity index (χ4n) is 4.39. The van der Waals surface area contributed by atoms with E-state index in [1.54, 1.807) is 0 Å². The average Bonchev–Trinajstić information content (AvgIpc) is 3.31. The molecule has 0 bridgehead atoms. The first-order valence-electron chi connectivity index (χ1n) is 9.27. The van der Waals surface area contributed by atoms with Gasteiger partial charge < -0.3 is 0 Å². The first-order chi connectivity index (χ1) is 13.9. The predicted octanol–water partition coefficient (Wildman–Crippen LogP) is 6.56. The zero-order valence-electron chi connectivity index (χ0n) is 14.8. The summed E-state index contributed by atoms with van der Waals surface area (Å²) in [5.41, 5.74) is 5.17. The molecule has 7 rings (SSSR count). The fourth-order valence-corrected chi connectivity index (χ4v) is 5.51. The van der Waals surface area contributed by atoms with E-state index in [9.17, 15) is 0 Å². The summed E-state index contributed by atoms with van der Waals surface area (Å²) >= 11 is 1.85. The second kappa shape index (κ2) is 5.06. The largest absolute Gasteiger partial charge is 0.290 e. The molecule has 0 aliphatic rings. The number of aromatic nitrogens is 3. The third-order valence-corrected chi connectivity index (χ3v) is 6.74. The smallest absolute Gasteiger partial charge is 0.165 e. The summed E-state index contributed by atoms with van der Waals surface area (Å²) in [5.74, 6) is 0. The van der Waals surface area contributed by atoms with E-state index >= 15 is 0 Å². The van der Waals surface area contributed by atoms with E-state index in [2.05, 4.69) is 65.1 Å². The van der Waals surface area contributed by atoms with Gasteiger partial charge >= 0.3 is 0 Å². The summed E-state index contributed by atoms with van der Waals surface area (Å²) in [5, 5.41) is 4.99. The van der Waals surface area contributed by atoms with Gasteiger partial charge in [0, 0.05) is 37.1 Å². The van der Waals surface area contributed by atoms with Crippen molar-refractivity contribution in [1.82, 2.24) is 14.4 Å². The number of hydrogen-bond donors (Lipinski definition) is 0. The van der Waals surface area contributed by atoms with Crippen LogP contribution in [0.2, 0.25) is 0 Å². The number of rotatable bonds is 0. The van der Waals surface area contributed by atoms with Gasteiger partial charge in [0.2, 0.25) is 0 Å². The average molecular weight is 375 g/mol. The predicted molar refractivity (Wildman–Crippen MR) is 118 cm³/mol. The van der Waals surface area contributed by atoms with Crippen molar-refractivity contribution in [2.45, 2.75) is 0 Å². The van der Waals surface area contributed by atoms with Crippen LogP contribution in [0, 0.1) is 0 Å². The zero-order chi connectivity index (χ0) is 18.2. The Morgan fingerprint density at radius 2 is 1.54 bits per heavy atom. The van der Waals surface area contributed by atoms with Crippen LogP contribution >= 0.6 is 11.3 Å². The van der Waals surface area contributed by atoms with Crippen LogP contribution in [0.5, 0.6) is 0 Å². The molecule has 0 N–H and O–H groups in total. The van der Waals surface area contributed by atoms with Gasteiger partial charge in [0.15, 0.2) is 5.65 Å². The normalized spacial score (nSPS) is 12.3. The fraction of sp³-hybridized carbons (Fsp3) is 0. The van der Waals surface area contributed by atoms with Crippen LogP contribution in [0.1, 0.15) is 0 Å². The number of nitrogens with zero attached hydrogens (tertiary/aromatic N) is 3. The second-order valence-corrected chi connectivity index (χ2v) is 8.21. The topological polar surface area (TPSA) is 30.2 Å². The van der Waals surface area contributed by atoms with Crippen molar-refractivity contribution in [2.24, 2.45) is 0 Å². The maximum atomic E-state index is 4.92. The lowest BCUT2D eigenvalue weighted by atomic mass is 10.1. The maximum absolute atomic E-state index is 4.92. The third kappa shape index (κ3) is 1.73. The molecule has 0 radical (unpaired) electrons. The Morgan fingerprint density at radius 1 is 0.679 bits per heavy atom. The van der Waals surface area contributed by atoms with Gasteiger partial charge in [-0.15, -0.1) is 11.3 Å². The first-order valence-corrected chi connectivity index (χ1v) is 10.1. The molecule has 0 aliphatic carbocycles. The molecule has 0 saturated heterocycles. The van der Waals surface area contributed by atoms with Gasteiger partial charge in [-0.2, -0.15) is 0 Å². The van der Waals surface area contributed by atoms with Crippen LogP contribution in [0.25, 0.3) is 58.7 Å². The highest BCUT2D eigenvalue weighted by atomic mass is 32.1. The van der Waals surface area contributed by atoms with Crippen molar-refractivity contribution >= 4 is 70.0 Å². The summed E-state index contributed by atoms with van der Waals surface area (Å²) in [4.78, 5) is 9.62. The molecule has 0 amide bonds. The minimum atomic E-state index is 0.921. The number of pyridine rings is 2. The molecule has 0 fully saturated rings. The van der Waals surface area contributed by atoms with Crippen LogP contribution < -0.4 is 0 Å². The summed E-state index contributed by atoms with van der Waals surface area (Å²) < 4.78 is 4.89. The molecule has 130 valence electrons. The number of hydrogen-bond acceptors (Lipinski definition) is 3. The quantitative estimate of drug-likeness (QED) is 0.281. The highest BCUT2D eigenvalue weighted by molar-refractivity contribution is 7.25. The van der Waals surface area contributed by atoms with Crippen LogP contribution in [0.3, 0.4) is 0 Å². The van der Waals surface area contributed by atoms with Gasteiger partial charge in [-0.1, -0.05) is 36.4 Å². The second-order valence-electron chi connectivity index (χ2n) is 7.12. The van der Waals surface area contributed by atoms with Gasteiger partial charge in [-0.25, -0.2) is 4.98 Å². The van der Waals surface area contributed by atoms with Crippen molar-refractivity contribution in [3.8, 4) is 0 Å². The molecule has 0 saturated carbocycles. The van der Waals surface area contributed by atoms with Crippen LogP contribution in [-0.2, 0) is 0 Å². The van der Waals surface area contributed by atoms with E-state index in [1.165, 1.54) is 31.1 Å². The van der Waals surface area contributed by atoms with E-state index in [0.717, 1.165) is 27.6 Å². The lowest BCUT2D eigenvalue weighted by molar-refractivity contribution is 1.29. The molecule has 0 spiro atoms. The lowest BCUT2D eigenvalue weighted by Gasteiger charge is -2.09. The Hall–Kier alpha value is -3.50. The van der Waals surface area contributed by atoms with E-state index in [-0.39, 0.29) is 0 Å². The van der Waals surface area contributed by atoms with Crippen molar-refractivity contribution < 1.29 is 0 Å². The first kappa shape index (κ1) is 14.5. The molecule has 4 heterocycles. The minimum Gasteiger partial charge on any atom is -0.290 e. The number of fused-ring (bicyclic) bond motifs is 11. The number of imidazole rings is 1. The van der Waals surface area contributed by atoms with Crippen molar-refractivity contribution in [1.29, 1.82) is 0 Å². The Kier molecular flexibility index (Phi) is 2.63. The maximum Gasteiger partial charge on any atom is 0.165 e. The summed E-state index contributed by atoms with van der Waals surface area (Å²) in [6.07, 6.45) is 1.85. The van der Waals surface area contributed by atoms with Gasteiger partial charge in [0.05, 0.1) is 16.6 Å². The Bertz CT molecular complexity index is 1720. The van der Waals surface area contributed by atoms with Gasteiger partial charge in [-0.3, -0.25) is 9.38 Å². The minimum absolute atomic E-state index is 0.921. The highest BCUT2D eigenvalue weighted by Crippen LogP contribution is 2.39. The van der Waals surface area contributed by atoms with E-state index in [4.69, 9.17) is 9.97 Å². The number of para-hydroxylation sites is 2. The van der Waals surface area contributed by atoms with Crippen molar-refractivity contribution in [3.05, 3.63) is 79.0 Å². The number of thiophene rings is 1. The molecule has 4 heteroatoms. The summed E-state index contributed by atoms with van der Waals surface area (Å²) in [6, 6.07) is 25.8. The molecule has 0 unspecified atom stereocenters. The Balaban J connectivity index is 1.85. The highest BCUT2D eigenvalue weighted by Gasteiger charge is 2.16. The molecule has 4 aromatic heterocycles. The van der Waals surface area contributed by atoms with Crippen LogP contribution in [0.15, 0.2) is 79.0 Å². The van der Waals surface area contributed by atoms with Crippen molar-refractivity contribution in [2.75, 3.05) is 0 Å². The molecular weight excluding hydrogens is 362 g/mol. The SMILES string of the molecule is c1ccc2c(c1)nc1c3ncccc3c3cc4c(cc3n21)sc1ccccc14. The Labute approximate surface area is 163 Å². The zero-order valence-corrected chi connectivity index (χ0v) is 15.6. The van der Waals surface area contributed by atoms with E-state index < -0.39 is 0 Å². The molecule has 3 aromatic carbocycles. The van der Waals surface area contributed by atoms with Crippen molar-refractivity contribution in [3.63, 3.8) is 0 Å². The van der Waals surface area contributed by atoms with Gasteiger partial charge in [-0.05, 0) is 36.4 Å². The van der Waals surface area contributed by atoms with Crippen LogP contribution in [0.4, 0.5) is 0 Å². The molecular formula is C24H13N3S. The van der Waals surface area contributed by atoms with E-state index in [0.29, 0.717) is 0 Å². The molecule has 28 heavy (non-hydrogen) atoms. The third-order valence-electron chi connectivity index (χ3n) is 5.61. The summed E-state index contributed by atoms with van der Waals surface area (Å²) in [6.45, 7) is 0. The van der Waals surface area contributed by atoms with Gasteiger partial charge in [0.1, 0.15) is 5.52 Å². The number of benzene rings is 3. The monoisotopic (exact) mass is 375 g/mol. The van der Waals surface area contributed by atoms with E-state index in [1.807, 2.05) is 29.7 Å². The van der Waals surface area contributed by atoms with Gasteiger partial charge in [0.25, 0.3) is 0 Å². The summed E-state index contributed by atoms with van der Waals surface area (Å²) in [7, 11) is 0. The lowest BCUT2D eigenvalue weighted by Crippen LogP contribution is -1.92. The van der Waals surface area contributed by atoms with Crippen LogP contribution in [-0.4, -0.2) is 14.4 Å². The molecule has 0 aliphatic heterocycles. The Morgan fingerprint density at radius 3 is 2.54 bits per heavy atom. The molecule has 7 aromatic rings. The molecule has 3 nitrogen and oxygen atoms in total.